The summed E-state index contributed by atoms with van der Waals surface area (Å²) in [4.78, 5) is 11.9. The van der Waals surface area contributed by atoms with Gasteiger partial charge >= 0.3 is 0 Å². The molecule has 2 saturated heterocycles. The van der Waals surface area contributed by atoms with Crippen LogP contribution >= 0.6 is 0 Å². The Hall–Kier alpha value is -2.40. The van der Waals surface area contributed by atoms with Gasteiger partial charge < -0.3 is 14.4 Å². The fourth-order valence-corrected chi connectivity index (χ4v) is 4.56. The smallest absolute Gasteiger partial charge is 0.152 e. The maximum absolute atomic E-state index is 11.6. The lowest BCUT2D eigenvalue weighted by molar-refractivity contribution is -0.0383. The molecule has 0 bridgehead atoms. The Bertz CT molecular complexity index is 1110. The van der Waals surface area contributed by atoms with E-state index in [4.69, 9.17) is 23.6 Å². The van der Waals surface area contributed by atoms with E-state index in [1.54, 1.807) is 12.4 Å². The molecule has 2 aliphatic heterocycles. The molecule has 5 heterocycles. The minimum atomic E-state index is -1.36. The second-order valence-corrected chi connectivity index (χ2v) is 8.98. The molecule has 0 saturated carbocycles. The summed E-state index contributed by atoms with van der Waals surface area (Å²) in [5.74, 6) is 0.843. The van der Waals surface area contributed by atoms with E-state index in [1.165, 1.54) is 6.26 Å². The van der Waals surface area contributed by atoms with Gasteiger partial charge in [-0.2, -0.15) is 5.10 Å². The normalized spacial score (nSPS) is 20.5. The molecule has 10 heteroatoms. The fourth-order valence-electron chi connectivity index (χ4n) is 4.26. The SMILES string of the molecule is CS(=O)OCc1cc(N2CCOCC2)nc2c(-c3ccnn3C3CCCCO3)nccc12. The van der Waals surface area contributed by atoms with E-state index in [0.717, 1.165) is 72.6 Å². The molecule has 2 atom stereocenters. The predicted molar refractivity (Wildman–Crippen MR) is 121 cm³/mol. The van der Waals surface area contributed by atoms with E-state index in [2.05, 4.69) is 10.00 Å². The van der Waals surface area contributed by atoms with Crippen LogP contribution in [-0.4, -0.2) is 63.1 Å². The van der Waals surface area contributed by atoms with Crippen LogP contribution in [0.25, 0.3) is 22.3 Å². The molecule has 2 unspecified atom stereocenters. The zero-order chi connectivity index (χ0) is 21.9. The molecule has 3 aromatic heterocycles. The molecule has 32 heavy (non-hydrogen) atoms. The molecule has 0 aliphatic carbocycles. The van der Waals surface area contributed by atoms with Crippen molar-refractivity contribution in [3.05, 3.63) is 36.2 Å². The third kappa shape index (κ3) is 4.40. The Balaban J connectivity index is 1.63. The van der Waals surface area contributed by atoms with Crippen LogP contribution in [-0.2, 0) is 31.3 Å². The van der Waals surface area contributed by atoms with E-state index >= 15 is 0 Å². The van der Waals surface area contributed by atoms with Gasteiger partial charge in [-0.3, -0.25) is 9.17 Å². The standard InChI is InChI=1S/C22H27N5O4S/c1-32(28)31-15-16-14-19(26-9-12-29-13-10-26)25-21-17(16)5-7-23-22(21)18-6-8-24-27(18)20-4-2-3-11-30-20/h5-8,14,20H,2-4,9-13,15H2,1H3. The highest BCUT2D eigenvalue weighted by Gasteiger charge is 2.23. The van der Waals surface area contributed by atoms with Crippen molar-refractivity contribution in [2.45, 2.75) is 32.1 Å². The summed E-state index contributed by atoms with van der Waals surface area (Å²) in [7, 11) is 0. The summed E-state index contributed by atoms with van der Waals surface area (Å²) in [5.41, 5.74) is 3.33. The number of morpholine rings is 1. The van der Waals surface area contributed by atoms with Crippen molar-refractivity contribution in [1.29, 1.82) is 0 Å². The minimum Gasteiger partial charge on any atom is -0.378 e. The highest BCUT2D eigenvalue weighted by Crippen LogP contribution is 2.33. The Labute approximate surface area is 189 Å². The van der Waals surface area contributed by atoms with Gasteiger partial charge in [0.25, 0.3) is 0 Å². The molecule has 2 fully saturated rings. The molecule has 3 aromatic rings. The number of rotatable bonds is 6. The monoisotopic (exact) mass is 457 g/mol. The van der Waals surface area contributed by atoms with Crippen molar-refractivity contribution in [3.8, 4) is 11.4 Å². The molecular weight excluding hydrogens is 430 g/mol. The molecule has 0 spiro atoms. The second-order valence-electron chi connectivity index (χ2n) is 7.94. The molecule has 0 N–H and O–H groups in total. The van der Waals surface area contributed by atoms with Crippen molar-refractivity contribution in [2.24, 2.45) is 0 Å². The van der Waals surface area contributed by atoms with Gasteiger partial charge in [-0.15, -0.1) is 0 Å². The fraction of sp³-hybridized carbons (Fsp3) is 0.500. The number of pyridine rings is 2. The number of hydrogen-bond acceptors (Lipinski definition) is 8. The first kappa shape index (κ1) is 21.4. The van der Waals surface area contributed by atoms with Crippen molar-refractivity contribution in [2.75, 3.05) is 44.1 Å². The molecule has 2 aliphatic rings. The highest BCUT2D eigenvalue weighted by atomic mass is 32.2. The van der Waals surface area contributed by atoms with Gasteiger partial charge in [-0.25, -0.2) is 13.9 Å². The largest absolute Gasteiger partial charge is 0.378 e. The van der Waals surface area contributed by atoms with Gasteiger partial charge in [0, 0.05) is 43.7 Å². The second kappa shape index (κ2) is 9.62. The number of anilines is 1. The molecule has 5 rings (SSSR count). The molecule has 0 radical (unpaired) electrons. The maximum atomic E-state index is 11.6. The average molecular weight is 458 g/mol. The van der Waals surface area contributed by atoms with Gasteiger partial charge in [0.1, 0.15) is 17.0 Å². The van der Waals surface area contributed by atoms with Gasteiger partial charge in [0.05, 0.1) is 25.5 Å². The summed E-state index contributed by atoms with van der Waals surface area (Å²) in [6.07, 6.45) is 8.10. The third-order valence-corrected chi connectivity index (χ3v) is 6.31. The highest BCUT2D eigenvalue weighted by molar-refractivity contribution is 7.79. The average Bonchev–Trinajstić information content (AvgIpc) is 3.33. The molecule has 9 nitrogen and oxygen atoms in total. The zero-order valence-corrected chi connectivity index (χ0v) is 18.9. The van der Waals surface area contributed by atoms with Crippen molar-refractivity contribution >= 4 is 27.8 Å². The first-order valence-corrected chi connectivity index (χ1v) is 12.4. The maximum Gasteiger partial charge on any atom is 0.152 e. The van der Waals surface area contributed by atoms with Gasteiger partial charge in [-0.05, 0) is 43.0 Å². The number of hydrogen-bond donors (Lipinski definition) is 0. The molecule has 0 amide bonds. The predicted octanol–water partition coefficient (Wildman–Crippen LogP) is 2.84. The van der Waals surface area contributed by atoms with Crippen LogP contribution in [0.1, 0.15) is 31.1 Å². The summed E-state index contributed by atoms with van der Waals surface area (Å²) < 4.78 is 30.5. The Morgan fingerprint density at radius 2 is 2.06 bits per heavy atom. The number of aromatic nitrogens is 4. The Morgan fingerprint density at radius 3 is 2.84 bits per heavy atom. The Kier molecular flexibility index (Phi) is 6.44. The van der Waals surface area contributed by atoms with E-state index in [-0.39, 0.29) is 12.8 Å². The zero-order valence-electron chi connectivity index (χ0n) is 18.1. The quantitative estimate of drug-likeness (QED) is 0.558. The first-order valence-electron chi connectivity index (χ1n) is 10.9. The Morgan fingerprint density at radius 1 is 1.19 bits per heavy atom. The lowest BCUT2D eigenvalue weighted by atomic mass is 10.1. The van der Waals surface area contributed by atoms with Crippen LogP contribution in [0.15, 0.2) is 30.6 Å². The molecule has 170 valence electrons. The lowest BCUT2D eigenvalue weighted by Crippen LogP contribution is -2.36. The molecule has 0 aromatic carbocycles. The topological polar surface area (TPSA) is 91.6 Å². The third-order valence-electron chi connectivity index (χ3n) is 5.86. The van der Waals surface area contributed by atoms with Crippen molar-refractivity contribution in [3.63, 3.8) is 0 Å². The van der Waals surface area contributed by atoms with E-state index in [0.29, 0.717) is 13.2 Å². The number of ether oxygens (including phenoxy) is 2. The number of fused-ring (bicyclic) bond motifs is 1. The van der Waals surface area contributed by atoms with E-state index in [9.17, 15) is 4.21 Å². The lowest BCUT2D eigenvalue weighted by Gasteiger charge is -2.28. The first-order chi connectivity index (χ1) is 15.7. The van der Waals surface area contributed by atoms with Crippen molar-refractivity contribution in [1.82, 2.24) is 19.7 Å². The van der Waals surface area contributed by atoms with Gasteiger partial charge in [-0.1, -0.05) is 0 Å². The van der Waals surface area contributed by atoms with Crippen molar-refractivity contribution < 1.29 is 17.9 Å². The molecular formula is C22H27N5O4S. The summed E-state index contributed by atoms with van der Waals surface area (Å²) in [6, 6.07) is 5.91. The summed E-state index contributed by atoms with van der Waals surface area (Å²) in [6.45, 7) is 3.83. The van der Waals surface area contributed by atoms with E-state index in [1.807, 2.05) is 22.9 Å². The van der Waals surface area contributed by atoms with Crippen LogP contribution in [0.4, 0.5) is 5.82 Å². The van der Waals surface area contributed by atoms with Crippen LogP contribution < -0.4 is 4.90 Å². The van der Waals surface area contributed by atoms with Crippen LogP contribution in [0.3, 0.4) is 0 Å². The number of nitrogens with zero attached hydrogens (tertiary/aromatic N) is 5. The van der Waals surface area contributed by atoms with Crippen LogP contribution in [0.2, 0.25) is 0 Å². The van der Waals surface area contributed by atoms with Crippen LogP contribution in [0.5, 0.6) is 0 Å². The van der Waals surface area contributed by atoms with E-state index < -0.39 is 11.1 Å². The minimum absolute atomic E-state index is 0.0986. The van der Waals surface area contributed by atoms with Gasteiger partial charge in [0.15, 0.2) is 17.3 Å². The summed E-state index contributed by atoms with van der Waals surface area (Å²) in [5, 5.41) is 5.48. The van der Waals surface area contributed by atoms with Gasteiger partial charge in [0.2, 0.25) is 0 Å². The summed E-state index contributed by atoms with van der Waals surface area (Å²) >= 11 is -1.36. The van der Waals surface area contributed by atoms with Crippen LogP contribution in [0, 0.1) is 0 Å².